The van der Waals surface area contributed by atoms with Gasteiger partial charge in [-0.3, -0.25) is 0 Å². The predicted molar refractivity (Wildman–Crippen MR) is 118 cm³/mol. The molecule has 0 fully saturated rings. The maximum absolute atomic E-state index is 5.88. The second-order valence-electron chi connectivity index (χ2n) is 6.07. The van der Waals surface area contributed by atoms with Crippen molar-refractivity contribution in [3.05, 3.63) is 69.6 Å². The molecule has 0 radical (unpaired) electrons. The van der Waals surface area contributed by atoms with Crippen LogP contribution >= 0.6 is 34.7 Å². The first kappa shape index (κ1) is 20.7. The molecular weight excluding hydrogens is 442 g/mol. The third-order valence-electron chi connectivity index (χ3n) is 3.94. The number of nitrogens with zero attached hydrogens (tertiary/aromatic N) is 3. The van der Waals surface area contributed by atoms with Crippen LogP contribution < -0.4 is 9.47 Å². The Morgan fingerprint density at radius 2 is 1.90 bits per heavy atom. The number of thiazole rings is 1. The molecule has 30 heavy (non-hydrogen) atoms. The molecule has 0 unspecified atom stereocenters. The van der Waals surface area contributed by atoms with Gasteiger partial charge in [-0.05, 0) is 43.3 Å². The second-order valence-corrected chi connectivity index (χ2v) is 8.37. The number of hydrogen-bond donors (Lipinski definition) is 0. The van der Waals surface area contributed by atoms with Crippen LogP contribution in [0.25, 0.3) is 11.5 Å². The van der Waals surface area contributed by atoms with Gasteiger partial charge in [0, 0.05) is 16.2 Å². The molecule has 2 aromatic carbocycles. The first-order chi connectivity index (χ1) is 14.7. The Morgan fingerprint density at radius 3 is 2.73 bits per heavy atom. The normalized spacial score (nSPS) is 10.9. The van der Waals surface area contributed by atoms with E-state index in [1.165, 1.54) is 11.8 Å². The fourth-order valence-corrected chi connectivity index (χ4v) is 4.19. The third kappa shape index (κ3) is 5.33. The Balaban J connectivity index is 1.33. The lowest BCUT2D eigenvalue weighted by molar-refractivity contribution is 0.305. The minimum absolute atomic E-state index is 0.413. The molecule has 4 aromatic rings. The second kappa shape index (κ2) is 9.97. The number of para-hydroxylation sites is 1. The molecule has 0 aliphatic rings. The number of benzene rings is 2. The van der Waals surface area contributed by atoms with Crippen molar-refractivity contribution >= 4 is 34.7 Å². The number of ether oxygens (including phenoxy) is 2. The van der Waals surface area contributed by atoms with Gasteiger partial charge in [-0.1, -0.05) is 35.5 Å². The highest BCUT2D eigenvalue weighted by Crippen LogP contribution is 2.31. The monoisotopic (exact) mass is 459 g/mol. The van der Waals surface area contributed by atoms with Crippen molar-refractivity contribution in [3.8, 4) is 23.0 Å². The first-order valence-corrected chi connectivity index (χ1v) is 11.5. The lowest BCUT2D eigenvalue weighted by atomic mass is 10.2. The van der Waals surface area contributed by atoms with E-state index in [0.29, 0.717) is 35.1 Å². The van der Waals surface area contributed by atoms with Crippen LogP contribution in [0, 0.1) is 0 Å². The molecule has 2 heterocycles. The number of thioether (sulfide) groups is 1. The zero-order chi connectivity index (χ0) is 20.8. The molecule has 2 aromatic heterocycles. The largest absolute Gasteiger partial charge is 0.493 e. The lowest BCUT2D eigenvalue weighted by Crippen LogP contribution is -1.95. The summed E-state index contributed by atoms with van der Waals surface area (Å²) in [5, 5.41) is 12.4. The minimum Gasteiger partial charge on any atom is -0.493 e. The van der Waals surface area contributed by atoms with Crippen molar-refractivity contribution in [1.82, 2.24) is 15.2 Å². The summed E-state index contributed by atoms with van der Waals surface area (Å²) in [4.78, 5) is 4.60. The molecule has 0 amide bonds. The van der Waals surface area contributed by atoms with Crippen LogP contribution in [0.2, 0.25) is 5.02 Å². The van der Waals surface area contributed by atoms with Crippen molar-refractivity contribution in [2.45, 2.75) is 24.5 Å². The van der Waals surface area contributed by atoms with E-state index in [0.717, 1.165) is 27.8 Å². The van der Waals surface area contributed by atoms with E-state index in [1.54, 1.807) is 23.5 Å². The first-order valence-electron chi connectivity index (χ1n) is 9.21. The Bertz CT molecular complexity index is 1100. The summed E-state index contributed by atoms with van der Waals surface area (Å²) in [6, 6.07) is 14.9. The Hall–Kier alpha value is -2.55. The van der Waals surface area contributed by atoms with Crippen molar-refractivity contribution in [1.29, 1.82) is 0 Å². The summed E-state index contributed by atoms with van der Waals surface area (Å²) < 4.78 is 17.2. The van der Waals surface area contributed by atoms with Crippen LogP contribution in [0.5, 0.6) is 11.5 Å². The maximum Gasteiger partial charge on any atom is 0.277 e. The highest BCUT2D eigenvalue weighted by Gasteiger charge is 2.14. The SMILES string of the molecule is CCOc1ccccc1-c1nnc(SCc2csc(COc3ccc(Cl)cc3)n2)o1. The molecule has 154 valence electrons. The van der Waals surface area contributed by atoms with Gasteiger partial charge in [0.05, 0.1) is 17.9 Å². The van der Waals surface area contributed by atoms with E-state index in [9.17, 15) is 0 Å². The van der Waals surface area contributed by atoms with Crippen LogP contribution in [0.15, 0.2) is 63.6 Å². The molecule has 6 nitrogen and oxygen atoms in total. The third-order valence-corrected chi connectivity index (χ3v) is 5.92. The molecule has 0 saturated carbocycles. The fraction of sp³-hybridized carbons (Fsp3) is 0.190. The number of halogens is 1. The Labute approximate surface area is 187 Å². The average Bonchev–Trinajstić information content (AvgIpc) is 3.42. The maximum atomic E-state index is 5.88. The van der Waals surface area contributed by atoms with Gasteiger partial charge in [0.1, 0.15) is 23.1 Å². The number of hydrogen-bond acceptors (Lipinski definition) is 8. The summed E-state index contributed by atoms with van der Waals surface area (Å²) >= 11 is 8.89. The molecule has 4 rings (SSSR count). The predicted octanol–water partition coefficient (Wildman–Crippen LogP) is 6.12. The van der Waals surface area contributed by atoms with Gasteiger partial charge < -0.3 is 13.9 Å². The van der Waals surface area contributed by atoms with E-state index in [2.05, 4.69) is 15.2 Å². The molecule has 0 spiro atoms. The van der Waals surface area contributed by atoms with Gasteiger partial charge in [0.15, 0.2) is 0 Å². The van der Waals surface area contributed by atoms with Crippen molar-refractivity contribution in [2.75, 3.05) is 6.61 Å². The van der Waals surface area contributed by atoms with Gasteiger partial charge in [0.25, 0.3) is 11.1 Å². The van der Waals surface area contributed by atoms with Crippen molar-refractivity contribution in [3.63, 3.8) is 0 Å². The number of rotatable bonds is 9. The van der Waals surface area contributed by atoms with Crippen LogP contribution in [0.1, 0.15) is 17.6 Å². The Morgan fingerprint density at radius 1 is 1.07 bits per heavy atom. The molecule has 0 bridgehead atoms. The van der Waals surface area contributed by atoms with E-state index in [-0.39, 0.29) is 0 Å². The van der Waals surface area contributed by atoms with Crippen LogP contribution in [0.3, 0.4) is 0 Å². The highest BCUT2D eigenvalue weighted by molar-refractivity contribution is 7.98. The molecule has 0 aliphatic heterocycles. The van der Waals surface area contributed by atoms with Crippen molar-refractivity contribution < 1.29 is 13.9 Å². The van der Waals surface area contributed by atoms with E-state index >= 15 is 0 Å². The molecule has 0 atom stereocenters. The zero-order valence-electron chi connectivity index (χ0n) is 16.1. The highest BCUT2D eigenvalue weighted by atomic mass is 35.5. The molecule has 0 saturated heterocycles. The van der Waals surface area contributed by atoms with Gasteiger partial charge in [-0.2, -0.15) is 0 Å². The van der Waals surface area contributed by atoms with E-state index in [4.69, 9.17) is 25.5 Å². The summed E-state index contributed by atoms with van der Waals surface area (Å²) in [6.07, 6.45) is 0. The zero-order valence-corrected chi connectivity index (χ0v) is 18.5. The number of aromatic nitrogens is 3. The Kier molecular flexibility index (Phi) is 6.88. The summed E-state index contributed by atoms with van der Waals surface area (Å²) in [7, 11) is 0. The van der Waals surface area contributed by atoms with Gasteiger partial charge in [-0.25, -0.2) is 4.98 Å². The van der Waals surface area contributed by atoms with Gasteiger partial charge >= 0.3 is 0 Å². The summed E-state index contributed by atoms with van der Waals surface area (Å²) in [5.74, 6) is 2.56. The average molecular weight is 460 g/mol. The minimum atomic E-state index is 0.413. The van der Waals surface area contributed by atoms with E-state index < -0.39 is 0 Å². The summed E-state index contributed by atoms with van der Waals surface area (Å²) in [6.45, 7) is 2.92. The fourth-order valence-electron chi connectivity index (χ4n) is 2.59. The molecule has 0 aliphatic carbocycles. The smallest absolute Gasteiger partial charge is 0.277 e. The molecular formula is C21H18ClN3O3S2. The van der Waals surface area contributed by atoms with Crippen LogP contribution in [-0.4, -0.2) is 21.8 Å². The van der Waals surface area contributed by atoms with Gasteiger partial charge in [0.2, 0.25) is 0 Å². The van der Waals surface area contributed by atoms with Crippen LogP contribution in [-0.2, 0) is 12.4 Å². The van der Waals surface area contributed by atoms with Gasteiger partial charge in [-0.15, -0.1) is 21.5 Å². The quantitative estimate of drug-likeness (QED) is 0.279. The molecule has 0 N–H and O–H groups in total. The summed E-state index contributed by atoms with van der Waals surface area (Å²) in [5.41, 5.74) is 1.73. The van der Waals surface area contributed by atoms with E-state index in [1.807, 2.05) is 48.7 Å². The molecule has 9 heteroatoms. The van der Waals surface area contributed by atoms with Crippen LogP contribution in [0.4, 0.5) is 0 Å². The standard InChI is InChI=1S/C21H18ClN3O3S2/c1-2-26-18-6-4-3-5-17(18)20-24-25-21(28-20)30-13-15-12-29-19(23-15)11-27-16-9-7-14(22)8-10-16/h3-10,12H,2,11,13H2,1H3. The van der Waals surface area contributed by atoms with Crippen molar-refractivity contribution in [2.24, 2.45) is 0 Å². The topological polar surface area (TPSA) is 70.3 Å². The lowest BCUT2D eigenvalue weighted by Gasteiger charge is -2.05.